The highest BCUT2D eigenvalue weighted by Gasteiger charge is 2.20. The van der Waals surface area contributed by atoms with Gasteiger partial charge in [-0.3, -0.25) is 4.79 Å². The van der Waals surface area contributed by atoms with Crippen molar-refractivity contribution in [1.82, 2.24) is 4.90 Å². The molecular weight excluding hydrogens is 332 g/mol. The van der Waals surface area contributed by atoms with Gasteiger partial charge >= 0.3 is 0 Å². The Bertz CT molecular complexity index is 598. The van der Waals surface area contributed by atoms with Crippen LogP contribution in [-0.2, 0) is 9.63 Å². The molecule has 0 unspecified atom stereocenters. The van der Waals surface area contributed by atoms with Crippen molar-refractivity contribution in [1.29, 1.82) is 0 Å². The fourth-order valence-electron chi connectivity index (χ4n) is 2.55. The van der Waals surface area contributed by atoms with Gasteiger partial charge in [-0.05, 0) is 30.9 Å². The van der Waals surface area contributed by atoms with E-state index < -0.39 is 0 Å². The molecule has 1 amide bonds. The third-order valence-electron chi connectivity index (χ3n) is 4.06. The van der Waals surface area contributed by atoms with E-state index in [-0.39, 0.29) is 12.5 Å². The van der Waals surface area contributed by atoms with Crippen LogP contribution in [0.5, 0.6) is 11.5 Å². The Kier molecular flexibility index (Phi) is 6.73. The minimum absolute atomic E-state index is 0.0376. The molecule has 1 aromatic rings. The van der Waals surface area contributed by atoms with E-state index in [1.165, 1.54) is 20.4 Å². The third kappa shape index (κ3) is 4.77. The van der Waals surface area contributed by atoms with Crippen LogP contribution in [0.15, 0.2) is 17.3 Å². The smallest absolute Gasteiger partial charge is 0.263 e. The van der Waals surface area contributed by atoms with Gasteiger partial charge in [0.05, 0.1) is 25.5 Å². The van der Waals surface area contributed by atoms with Gasteiger partial charge in [0, 0.05) is 18.7 Å². The summed E-state index contributed by atoms with van der Waals surface area (Å²) in [5.41, 5.74) is 0.692. The van der Waals surface area contributed by atoms with Crippen molar-refractivity contribution < 1.29 is 19.1 Å². The molecule has 0 aromatic heterocycles. The second-order valence-corrected chi connectivity index (χ2v) is 6.22. The van der Waals surface area contributed by atoms with Gasteiger partial charge in [0.2, 0.25) is 0 Å². The van der Waals surface area contributed by atoms with Crippen LogP contribution in [0.25, 0.3) is 0 Å². The lowest BCUT2D eigenvalue weighted by Gasteiger charge is -2.29. The number of amides is 1. The maximum atomic E-state index is 12.0. The van der Waals surface area contributed by atoms with Gasteiger partial charge in [0.25, 0.3) is 5.91 Å². The molecule has 7 heteroatoms. The molecule has 1 aliphatic rings. The normalized spacial score (nSPS) is 15.6. The zero-order chi connectivity index (χ0) is 17.5. The Balaban J connectivity index is 1.88. The van der Waals surface area contributed by atoms with Gasteiger partial charge in [-0.2, -0.15) is 0 Å². The number of halogens is 1. The molecule has 0 N–H and O–H groups in total. The number of carbonyl (C=O) groups is 1. The number of benzene rings is 1. The molecule has 1 fully saturated rings. The quantitative estimate of drug-likeness (QED) is 0.582. The molecule has 0 spiro atoms. The monoisotopic (exact) mass is 354 g/mol. The summed E-state index contributed by atoms with van der Waals surface area (Å²) in [5, 5.41) is 4.25. The summed E-state index contributed by atoms with van der Waals surface area (Å²) in [4.78, 5) is 19.0. The standard InChI is InChI=1S/C17H23ClN2O4/c1-12-4-6-20(7-5-12)16(21)11-24-19-10-13-8-14(18)17(23-3)15(9-13)22-2/h8-10,12H,4-7,11H2,1-3H3/b19-10-. The molecule has 0 atom stereocenters. The Labute approximate surface area is 147 Å². The Morgan fingerprint density at radius 2 is 2.04 bits per heavy atom. The number of ether oxygens (including phenoxy) is 2. The van der Waals surface area contributed by atoms with Crippen LogP contribution in [0.3, 0.4) is 0 Å². The second kappa shape index (κ2) is 8.78. The number of likely N-dealkylation sites (tertiary alicyclic amines) is 1. The van der Waals surface area contributed by atoms with E-state index in [4.69, 9.17) is 25.9 Å². The highest BCUT2D eigenvalue weighted by molar-refractivity contribution is 6.32. The largest absolute Gasteiger partial charge is 0.493 e. The lowest BCUT2D eigenvalue weighted by molar-refractivity contribution is -0.137. The molecule has 0 radical (unpaired) electrons. The predicted molar refractivity (Wildman–Crippen MR) is 93.1 cm³/mol. The zero-order valence-electron chi connectivity index (χ0n) is 14.3. The molecule has 2 rings (SSSR count). The Morgan fingerprint density at radius 1 is 1.33 bits per heavy atom. The first-order valence-electron chi connectivity index (χ1n) is 7.89. The second-order valence-electron chi connectivity index (χ2n) is 5.81. The summed E-state index contributed by atoms with van der Waals surface area (Å²) >= 11 is 6.12. The van der Waals surface area contributed by atoms with E-state index in [1.807, 2.05) is 4.90 Å². The number of methoxy groups -OCH3 is 2. The van der Waals surface area contributed by atoms with Crippen LogP contribution in [0, 0.1) is 5.92 Å². The lowest BCUT2D eigenvalue weighted by Crippen LogP contribution is -2.39. The van der Waals surface area contributed by atoms with Crippen molar-refractivity contribution in [3.63, 3.8) is 0 Å². The van der Waals surface area contributed by atoms with Crippen molar-refractivity contribution in [3.8, 4) is 11.5 Å². The molecule has 1 saturated heterocycles. The fourth-order valence-corrected chi connectivity index (χ4v) is 2.85. The van der Waals surface area contributed by atoms with Gasteiger partial charge in [0.1, 0.15) is 0 Å². The molecule has 1 aliphatic heterocycles. The number of oxime groups is 1. The van der Waals surface area contributed by atoms with Crippen molar-refractivity contribution in [2.24, 2.45) is 11.1 Å². The third-order valence-corrected chi connectivity index (χ3v) is 4.34. The zero-order valence-corrected chi connectivity index (χ0v) is 15.0. The summed E-state index contributed by atoms with van der Waals surface area (Å²) in [6.07, 6.45) is 3.57. The number of hydrogen-bond acceptors (Lipinski definition) is 5. The molecule has 0 saturated carbocycles. The van der Waals surface area contributed by atoms with Crippen LogP contribution >= 0.6 is 11.6 Å². The lowest BCUT2D eigenvalue weighted by atomic mass is 9.99. The van der Waals surface area contributed by atoms with Crippen molar-refractivity contribution in [3.05, 3.63) is 22.7 Å². The summed E-state index contributed by atoms with van der Waals surface area (Å²) in [5.74, 6) is 1.61. The molecular formula is C17H23ClN2O4. The predicted octanol–water partition coefficient (Wildman–Crippen LogP) is 2.97. The van der Waals surface area contributed by atoms with E-state index in [0.29, 0.717) is 28.0 Å². The van der Waals surface area contributed by atoms with Gasteiger partial charge in [-0.15, -0.1) is 0 Å². The average Bonchev–Trinajstić information content (AvgIpc) is 2.58. The Morgan fingerprint density at radius 3 is 2.67 bits per heavy atom. The number of piperidine rings is 1. The average molecular weight is 355 g/mol. The summed E-state index contributed by atoms with van der Waals surface area (Å²) in [7, 11) is 3.05. The van der Waals surface area contributed by atoms with Gasteiger partial charge < -0.3 is 19.2 Å². The van der Waals surface area contributed by atoms with Crippen LogP contribution in [0.4, 0.5) is 0 Å². The Hall–Kier alpha value is -1.95. The number of carbonyl (C=O) groups excluding carboxylic acids is 1. The summed E-state index contributed by atoms with van der Waals surface area (Å²) < 4.78 is 10.4. The minimum Gasteiger partial charge on any atom is -0.493 e. The maximum Gasteiger partial charge on any atom is 0.263 e. The van der Waals surface area contributed by atoms with Gasteiger partial charge in [0.15, 0.2) is 18.1 Å². The number of nitrogens with zero attached hydrogens (tertiary/aromatic N) is 2. The van der Waals surface area contributed by atoms with Crippen LogP contribution in [0.1, 0.15) is 25.3 Å². The van der Waals surface area contributed by atoms with Crippen molar-refractivity contribution >= 4 is 23.7 Å². The topological polar surface area (TPSA) is 60.4 Å². The molecule has 0 aliphatic carbocycles. The maximum absolute atomic E-state index is 12.0. The van der Waals surface area contributed by atoms with Crippen molar-refractivity contribution in [2.45, 2.75) is 19.8 Å². The molecule has 24 heavy (non-hydrogen) atoms. The number of rotatable bonds is 6. The summed E-state index contributed by atoms with van der Waals surface area (Å²) in [6.45, 7) is 3.72. The van der Waals surface area contributed by atoms with Crippen LogP contribution < -0.4 is 9.47 Å². The number of hydrogen-bond donors (Lipinski definition) is 0. The van der Waals surface area contributed by atoms with Crippen molar-refractivity contribution in [2.75, 3.05) is 33.9 Å². The van der Waals surface area contributed by atoms with Gasteiger partial charge in [-0.1, -0.05) is 23.7 Å². The van der Waals surface area contributed by atoms with E-state index in [9.17, 15) is 4.79 Å². The van der Waals surface area contributed by atoms with E-state index in [0.717, 1.165) is 25.9 Å². The summed E-state index contributed by atoms with van der Waals surface area (Å²) in [6, 6.07) is 3.41. The SMILES string of the molecule is COc1cc(/C=N\OCC(=O)N2CCC(C)CC2)cc(Cl)c1OC. The van der Waals surface area contributed by atoms with Crippen LogP contribution in [0.2, 0.25) is 5.02 Å². The van der Waals surface area contributed by atoms with Gasteiger partial charge in [-0.25, -0.2) is 0 Å². The molecule has 1 heterocycles. The minimum atomic E-state index is -0.0636. The highest BCUT2D eigenvalue weighted by Crippen LogP contribution is 2.35. The molecule has 6 nitrogen and oxygen atoms in total. The molecule has 0 bridgehead atoms. The first kappa shape index (κ1) is 18.4. The first-order chi connectivity index (χ1) is 11.5. The van der Waals surface area contributed by atoms with E-state index in [1.54, 1.807) is 12.1 Å². The highest BCUT2D eigenvalue weighted by atomic mass is 35.5. The molecule has 132 valence electrons. The first-order valence-corrected chi connectivity index (χ1v) is 8.27. The fraction of sp³-hybridized carbons (Fsp3) is 0.529. The van der Waals surface area contributed by atoms with Crippen LogP contribution in [-0.4, -0.2) is 50.9 Å². The molecule has 1 aromatic carbocycles. The van der Waals surface area contributed by atoms with E-state index >= 15 is 0 Å². The van der Waals surface area contributed by atoms with E-state index in [2.05, 4.69) is 12.1 Å².